The molecule has 114 valence electrons. The van der Waals surface area contributed by atoms with Crippen LogP contribution in [0.3, 0.4) is 0 Å². The second-order valence-electron chi connectivity index (χ2n) is 6.50. The third-order valence-corrected chi connectivity index (χ3v) is 4.83. The summed E-state index contributed by atoms with van der Waals surface area (Å²) in [6, 6.07) is 0. The van der Waals surface area contributed by atoms with E-state index in [2.05, 4.69) is 32.6 Å². The van der Waals surface area contributed by atoms with Crippen molar-refractivity contribution in [3.8, 4) is 0 Å². The van der Waals surface area contributed by atoms with Gasteiger partial charge in [-0.3, -0.25) is 4.79 Å². The first-order valence-corrected chi connectivity index (χ1v) is 7.40. The average Bonchev–Trinajstić information content (AvgIpc) is 2.53. The number of carbonyl (C=O) groups excluding carboxylic acids is 1. The summed E-state index contributed by atoms with van der Waals surface area (Å²) in [6.07, 6.45) is 5.13. The van der Waals surface area contributed by atoms with Crippen LogP contribution < -0.4 is 5.73 Å². The SMILES string of the molecule is CCC(CC)(CN)C(=O)N1CCCC(C)(C)CC1.Cl. The topological polar surface area (TPSA) is 46.3 Å². The van der Waals surface area contributed by atoms with E-state index in [4.69, 9.17) is 5.73 Å². The average molecular weight is 291 g/mol. The summed E-state index contributed by atoms with van der Waals surface area (Å²) in [4.78, 5) is 14.8. The number of nitrogens with zero attached hydrogens (tertiary/aromatic N) is 1. The van der Waals surface area contributed by atoms with Crippen LogP contribution in [-0.2, 0) is 4.79 Å². The lowest BCUT2D eigenvalue weighted by Crippen LogP contribution is -2.48. The van der Waals surface area contributed by atoms with E-state index in [1.165, 1.54) is 6.42 Å². The van der Waals surface area contributed by atoms with Crippen molar-refractivity contribution in [3.63, 3.8) is 0 Å². The molecule has 1 aliphatic rings. The van der Waals surface area contributed by atoms with Gasteiger partial charge in [0, 0.05) is 19.6 Å². The second kappa shape index (κ2) is 7.49. The number of amides is 1. The number of halogens is 1. The molecular formula is C15H31ClN2O. The monoisotopic (exact) mass is 290 g/mol. The van der Waals surface area contributed by atoms with E-state index in [1.807, 2.05) is 0 Å². The van der Waals surface area contributed by atoms with Crippen LogP contribution in [0.5, 0.6) is 0 Å². The molecular weight excluding hydrogens is 260 g/mol. The molecule has 0 atom stereocenters. The van der Waals surface area contributed by atoms with Gasteiger partial charge < -0.3 is 10.6 Å². The number of nitrogens with two attached hydrogens (primary N) is 1. The number of likely N-dealkylation sites (tertiary alicyclic amines) is 1. The summed E-state index contributed by atoms with van der Waals surface area (Å²) in [5.41, 5.74) is 5.93. The van der Waals surface area contributed by atoms with E-state index in [0.717, 1.165) is 38.8 Å². The summed E-state index contributed by atoms with van der Waals surface area (Å²) in [5.74, 6) is 0.285. The van der Waals surface area contributed by atoms with Crippen LogP contribution in [0.2, 0.25) is 0 Å². The normalized spacial score (nSPS) is 19.5. The van der Waals surface area contributed by atoms with Crippen molar-refractivity contribution in [2.24, 2.45) is 16.6 Å². The molecule has 1 aliphatic heterocycles. The van der Waals surface area contributed by atoms with Gasteiger partial charge >= 0.3 is 0 Å². The minimum Gasteiger partial charge on any atom is -0.342 e. The lowest BCUT2D eigenvalue weighted by atomic mass is 9.80. The van der Waals surface area contributed by atoms with Crippen LogP contribution in [0.4, 0.5) is 0 Å². The van der Waals surface area contributed by atoms with Gasteiger partial charge in [0.15, 0.2) is 0 Å². The summed E-state index contributed by atoms with van der Waals surface area (Å²) in [6.45, 7) is 11.0. The van der Waals surface area contributed by atoms with Gasteiger partial charge in [0.25, 0.3) is 0 Å². The Kier molecular flexibility index (Phi) is 7.38. The van der Waals surface area contributed by atoms with Crippen LogP contribution >= 0.6 is 12.4 Å². The number of carbonyl (C=O) groups is 1. The molecule has 3 nitrogen and oxygen atoms in total. The minimum absolute atomic E-state index is 0. The van der Waals surface area contributed by atoms with Gasteiger partial charge in [-0.25, -0.2) is 0 Å². The van der Waals surface area contributed by atoms with E-state index in [-0.39, 0.29) is 23.7 Å². The Balaban J connectivity index is 0.00000324. The Hall–Kier alpha value is -0.280. The smallest absolute Gasteiger partial charge is 0.230 e. The zero-order valence-corrected chi connectivity index (χ0v) is 13.8. The summed E-state index contributed by atoms with van der Waals surface area (Å²) in [7, 11) is 0. The fourth-order valence-corrected chi connectivity index (χ4v) is 2.89. The second-order valence-corrected chi connectivity index (χ2v) is 6.50. The van der Waals surface area contributed by atoms with Gasteiger partial charge in [-0.1, -0.05) is 27.7 Å². The van der Waals surface area contributed by atoms with Crippen molar-refractivity contribution < 1.29 is 4.79 Å². The number of hydrogen-bond acceptors (Lipinski definition) is 2. The van der Waals surface area contributed by atoms with E-state index < -0.39 is 0 Å². The van der Waals surface area contributed by atoms with Gasteiger partial charge in [-0.2, -0.15) is 0 Å². The molecule has 0 radical (unpaired) electrons. The number of rotatable bonds is 4. The molecule has 0 spiro atoms. The molecule has 0 aromatic rings. The van der Waals surface area contributed by atoms with Gasteiger partial charge in [0.2, 0.25) is 5.91 Å². The molecule has 0 unspecified atom stereocenters. The van der Waals surface area contributed by atoms with E-state index in [1.54, 1.807) is 0 Å². The van der Waals surface area contributed by atoms with Crippen molar-refractivity contribution >= 4 is 18.3 Å². The molecule has 1 saturated heterocycles. The van der Waals surface area contributed by atoms with Gasteiger partial charge in [0.1, 0.15) is 0 Å². The van der Waals surface area contributed by atoms with E-state index >= 15 is 0 Å². The van der Waals surface area contributed by atoms with Crippen molar-refractivity contribution in [2.45, 2.75) is 59.8 Å². The molecule has 19 heavy (non-hydrogen) atoms. The van der Waals surface area contributed by atoms with Crippen molar-refractivity contribution in [1.29, 1.82) is 0 Å². The maximum absolute atomic E-state index is 12.7. The van der Waals surface area contributed by atoms with Crippen LogP contribution in [0.1, 0.15) is 59.8 Å². The molecule has 2 N–H and O–H groups in total. The Morgan fingerprint density at radius 1 is 1.21 bits per heavy atom. The van der Waals surface area contributed by atoms with Gasteiger partial charge in [-0.05, 0) is 37.5 Å². The van der Waals surface area contributed by atoms with Crippen molar-refractivity contribution in [3.05, 3.63) is 0 Å². The third kappa shape index (κ3) is 4.35. The molecule has 1 fully saturated rings. The highest BCUT2D eigenvalue weighted by Crippen LogP contribution is 2.33. The highest BCUT2D eigenvalue weighted by Gasteiger charge is 2.38. The lowest BCUT2D eigenvalue weighted by Gasteiger charge is -2.35. The minimum atomic E-state index is -0.325. The largest absolute Gasteiger partial charge is 0.342 e. The first-order chi connectivity index (χ1) is 8.40. The van der Waals surface area contributed by atoms with Gasteiger partial charge in [0.05, 0.1) is 5.41 Å². The molecule has 0 aromatic carbocycles. The zero-order valence-electron chi connectivity index (χ0n) is 13.0. The van der Waals surface area contributed by atoms with Crippen molar-refractivity contribution in [1.82, 2.24) is 4.90 Å². The standard InChI is InChI=1S/C15H30N2O.ClH/c1-5-15(6-2,12-16)13(18)17-10-7-8-14(3,4)9-11-17;/h5-12,16H2,1-4H3;1H. The number of hydrogen-bond donors (Lipinski definition) is 1. The van der Waals surface area contributed by atoms with E-state index in [0.29, 0.717) is 12.0 Å². The van der Waals surface area contributed by atoms with Crippen LogP contribution in [0.25, 0.3) is 0 Å². The van der Waals surface area contributed by atoms with Gasteiger partial charge in [-0.15, -0.1) is 12.4 Å². The first kappa shape index (κ1) is 18.7. The molecule has 1 rings (SSSR count). The molecule has 1 amide bonds. The maximum Gasteiger partial charge on any atom is 0.230 e. The molecule has 0 aromatic heterocycles. The van der Waals surface area contributed by atoms with Crippen LogP contribution in [-0.4, -0.2) is 30.4 Å². The fraction of sp³-hybridized carbons (Fsp3) is 0.933. The quantitative estimate of drug-likeness (QED) is 0.864. The molecule has 0 aliphatic carbocycles. The predicted molar refractivity (Wildman–Crippen MR) is 83.5 cm³/mol. The maximum atomic E-state index is 12.7. The molecule has 0 saturated carbocycles. The summed E-state index contributed by atoms with van der Waals surface area (Å²) >= 11 is 0. The predicted octanol–water partition coefficient (Wildman–Crippen LogP) is 3.21. The Morgan fingerprint density at radius 2 is 1.79 bits per heavy atom. The Morgan fingerprint density at radius 3 is 2.26 bits per heavy atom. The Bertz CT molecular complexity index is 280. The van der Waals surface area contributed by atoms with Crippen LogP contribution in [0, 0.1) is 10.8 Å². The lowest BCUT2D eigenvalue weighted by molar-refractivity contribution is -0.142. The van der Waals surface area contributed by atoms with Crippen LogP contribution in [0.15, 0.2) is 0 Å². The zero-order chi connectivity index (χ0) is 13.8. The highest BCUT2D eigenvalue weighted by atomic mass is 35.5. The highest BCUT2D eigenvalue weighted by molar-refractivity contribution is 5.85. The fourth-order valence-electron chi connectivity index (χ4n) is 2.89. The Labute approximate surface area is 124 Å². The van der Waals surface area contributed by atoms with Crippen molar-refractivity contribution in [2.75, 3.05) is 19.6 Å². The summed E-state index contributed by atoms with van der Waals surface area (Å²) < 4.78 is 0. The summed E-state index contributed by atoms with van der Waals surface area (Å²) in [5, 5.41) is 0. The third-order valence-electron chi connectivity index (χ3n) is 4.83. The molecule has 0 bridgehead atoms. The van der Waals surface area contributed by atoms with E-state index in [9.17, 15) is 4.79 Å². The molecule has 1 heterocycles. The molecule has 4 heteroatoms. The first-order valence-electron chi connectivity index (χ1n) is 7.40.